The van der Waals surface area contributed by atoms with Gasteiger partial charge in [0.15, 0.2) is 0 Å². The van der Waals surface area contributed by atoms with Gasteiger partial charge in [0.2, 0.25) is 10.0 Å². The summed E-state index contributed by atoms with van der Waals surface area (Å²) in [6, 6.07) is 7.13. The van der Waals surface area contributed by atoms with E-state index < -0.39 is 10.0 Å². The molecule has 1 aliphatic rings. The largest absolute Gasteiger partial charge is 0.336 e. The number of aromatic nitrogens is 1. The van der Waals surface area contributed by atoms with Crippen molar-refractivity contribution in [3.05, 3.63) is 58.9 Å². The molecule has 1 aromatic carbocycles. The smallest absolute Gasteiger partial charge is 0.254 e. The van der Waals surface area contributed by atoms with Crippen LogP contribution in [0.5, 0.6) is 0 Å². The minimum atomic E-state index is -3.57. The molecule has 1 fully saturated rings. The van der Waals surface area contributed by atoms with Gasteiger partial charge in [-0.25, -0.2) is 8.42 Å². The number of sulfonamides is 1. The molecule has 1 amide bonds. The third-order valence-corrected chi connectivity index (χ3v) is 6.86. The Bertz CT molecular complexity index is 895. The fourth-order valence-electron chi connectivity index (χ4n) is 3.51. The SMILES string of the molecule is Cc1cc(C)c(S(=O)(=O)N2CCN(C(=O)c3ccncc3)CC2)c(C)c1. The Balaban J connectivity index is 1.77. The topological polar surface area (TPSA) is 70.6 Å². The highest BCUT2D eigenvalue weighted by Gasteiger charge is 2.32. The van der Waals surface area contributed by atoms with E-state index in [1.807, 2.05) is 32.9 Å². The van der Waals surface area contributed by atoms with Gasteiger partial charge in [-0.2, -0.15) is 4.31 Å². The molecule has 6 nitrogen and oxygen atoms in total. The summed E-state index contributed by atoms with van der Waals surface area (Å²) >= 11 is 0. The van der Waals surface area contributed by atoms with Gasteiger partial charge in [-0.3, -0.25) is 9.78 Å². The van der Waals surface area contributed by atoms with Gasteiger partial charge in [0.25, 0.3) is 5.91 Å². The van der Waals surface area contributed by atoms with Crippen LogP contribution in [0.15, 0.2) is 41.6 Å². The summed E-state index contributed by atoms with van der Waals surface area (Å²) in [6.07, 6.45) is 3.16. The van der Waals surface area contributed by atoms with Crippen LogP contribution in [0.2, 0.25) is 0 Å². The van der Waals surface area contributed by atoms with Crippen LogP contribution < -0.4 is 0 Å². The number of benzene rings is 1. The molecule has 0 atom stereocenters. The minimum Gasteiger partial charge on any atom is -0.336 e. The van der Waals surface area contributed by atoms with E-state index in [9.17, 15) is 13.2 Å². The lowest BCUT2D eigenvalue weighted by molar-refractivity contribution is 0.0697. The zero-order chi connectivity index (χ0) is 18.9. The Hall–Kier alpha value is -2.25. The van der Waals surface area contributed by atoms with Crippen LogP contribution in [0.3, 0.4) is 0 Å². The number of pyridine rings is 1. The quantitative estimate of drug-likeness (QED) is 0.827. The van der Waals surface area contributed by atoms with Gasteiger partial charge in [-0.05, 0) is 44.0 Å². The first kappa shape index (κ1) is 18.5. The summed E-state index contributed by atoms with van der Waals surface area (Å²) in [4.78, 5) is 18.5. The Labute approximate surface area is 154 Å². The van der Waals surface area contributed by atoms with Gasteiger partial charge in [-0.1, -0.05) is 17.7 Å². The third-order valence-electron chi connectivity index (χ3n) is 4.66. The van der Waals surface area contributed by atoms with Crippen molar-refractivity contribution in [1.82, 2.24) is 14.2 Å². The van der Waals surface area contributed by atoms with Crippen molar-refractivity contribution in [1.29, 1.82) is 0 Å². The number of hydrogen-bond acceptors (Lipinski definition) is 4. The monoisotopic (exact) mass is 373 g/mol. The van der Waals surface area contributed by atoms with Crippen LogP contribution in [0, 0.1) is 20.8 Å². The Morgan fingerprint density at radius 2 is 1.50 bits per heavy atom. The summed E-state index contributed by atoms with van der Waals surface area (Å²) in [7, 11) is -3.57. The summed E-state index contributed by atoms with van der Waals surface area (Å²) in [5.41, 5.74) is 3.14. The number of rotatable bonds is 3. The first-order valence-electron chi connectivity index (χ1n) is 8.58. The molecule has 7 heteroatoms. The predicted molar refractivity (Wildman–Crippen MR) is 99.6 cm³/mol. The van der Waals surface area contributed by atoms with Gasteiger partial charge in [0.1, 0.15) is 0 Å². The second-order valence-electron chi connectivity index (χ2n) is 6.66. The zero-order valence-electron chi connectivity index (χ0n) is 15.3. The molecule has 2 heterocycles. The molecule has 0 unspecified atom stereocenters. The van der Waals surface area contributed by atoms with Gasteiger partial charge < -0.3 is 4.90 Å². The highest BCUT2D eigenvalue weighted by molar-refractivity contribution is 7.89. The van der Waals surface area contributed by atoms with E-state index in [2.05, 4.69) is 4.98 Å². The molecule has 0 saturated carbocycles. The molecule has 0 aliphatic carbocycles. The molecule has 0 bridgehead atoms. The molecule has 1 aromatic heterocycles. The first-order valence-corrected chi connectivity index (χ1v) is 10.0. The van der Waals surface area contributed by atoms with Crippen LogP contribution in [-0.4, -0.2) is 54.7 Å². The van der Waals surface area contributed by atoms with E-state index >= 15 is 0 Å². The lowest BCUT2D eigenvalue weighted by atomic mass is 10.1. The van der Waals surface area contributed by atoms with Crippen molar-refractivity contribution in [3.63, 3.8) is 0 Å². The van der Waals surface area contributed by atoms with Crippen LogP contribution in [-0.2, 0) is 10.0 Å². The van der Waals surface area contributed by atoms with E-state index in [0.29, 0.717) is 36.6 Å². The molecule has 1 saturated heterocycles. The number of aryl methyl sites for hydroxylation is 3. The van der Waals surface area contributed by atoms with E-state index in [1.54, 1.807) is 29.4 Å². The molecule has 26 heavy (non-hydrogen) atoms. The lowest BCUT2D eigenvalue weighted by Gasteiger charge is -2.34. The maximum absolute atomic E-state index is 13.1. The summed E-state index contributed by atoms with van der Waals surface area (Å²) in [5.74, 6) is -0.0906. The number of carbonyl (C=O) groups excluding carboxylic acids is 1. The first-order chi connectivity index (χ1) is 12.3. The van der Waals surface area contributed by atoms with Crippen molar-refractivity contribution in [2.75, 3.05) is 26.2 Å². The standard InChI is InChI=1S/C19H23N3O3S/c1-14-12-15(2)18(16(3)13-14)26(24,25)22-10-8-21(9-11-22)19(23)17-4-6-20-7-5-17/h4-7,12-13H,8-11H2,1-3H3. The molecule has 0 N–H and O–H groups in total. The van der Waals surface area contributed by atoms with Crippen molar-refractivity contribution >= 4 is 15.9 Å². The number of piperazine rings is 1. The van der Waals surface area contributed by atoms with Gasteiger partial charge >= 0.3 is 0 Å². The fourth-order valence-corrected chi connectivity index (χ4v) is 5.35. The summed E-state index contributed by atoms with van der Waals surface area (Å²) < 4.78 is 27.7. The highest BCUT2D eigenvalue weighted by Crippen LogP contribution is 2.26. The van der Waals surface area contributed by atoms with Crippen molar-refractivity contribution in [2.45, 2.75) is 25.7 Å². The normalized spacial score (nSPS) is 15.9. The highest BCUT2D eigenvalue weighted by atomic mass is 32.2. The Morgan fingerprint density at radius 1 is 0.962 bits per heavy atom. The Kier molecular flexibility index (Phi) is 5.11. The number of carbonyl (C=O) groups is 1. The van der Waals surface area contributed by atoms with Crippen molar-refractivity contribution in [3.8, 4) is 0 Å². The zero-order valence-corrected chi connectivity index (χ0v) is 16.1. The second kappa shape index (κ2) is 7.17. The summed E-state index contributed by atoms with van der Waals surface area (Å²) in [5, 5.41) is 0. The van der Waals surface area contributed by atoms with E-state index in [-0.39, 0.29) is 5.91 Å². The van der Waals surface area contributed by atoms with Gasteiger partial charge in [0, 0.05) is 44.1 Å². The molecular weight excluding hydrogens is 350 g/mol. The molecule has 2 aromatic rings. The maximum Gasteiger partial charge on any atom is 0.254 e. The predicted octanol–water partition coefficient (Wildman–Crippen LogP) is 2.15. The minimum absolute atomic E-state index is 0.0906. The molecular formula is C19H23N3O3S. The average Bonchev–Trinajstić information content (AvgIpc) is 2.61. The number of amides is 1. The van der Waals surface area contributed by atoms with Crippen LogP contribution >= 0.6 is 0 Å². The van der Waals surface area contributed by atoms with Gasteiger partial charge in [-0.15, -0.1) is 0 Å². The lowest BCUT2D eigenvalue weighted by Crippen LogP contribution is -2.50. The average molecular weight is 373 g/mol. The van der Waals surface area contributed by atoms with E-state index in [1.165, 1.54) is 4.31 Å². The van der Waals surface area contributed by atoms with E-state index in [0.717, 1.165) is 16.7 Å². The summed E-state index contributed by atoms with van der Waals surface area (Å²) in [6.45, 7) is 6.97. The molecule has 0 radical (unpaired) electrons. The molecule has 138 valence electrons. The van der Waals surface area contributed by atoms with Gasteiger partial charge in [0.05, 0.1) is 4.90 Å². The van der Waals surface area contributed by atoms with Crippen LogP contribution in [0.4, 0.5) is 0 Å². The Morgan fingerprint density at radius 3 is 2.04 bits per heavy atom. The van der Waals surface area contributed by atoms with Crippen LogP contribution in [0.1, 0.15) is 27.0 Å². The number of hydrogen-bond donors (Lipinski definition) is 0. The van der Waals surface area contributed by atoms with Crippen molar-refractivity contribution < 1.29 is 13.2 Å². The maximum atomic E-state index is 13.1. The number of nitrogens with zero attached hydrogens (tertiary/aromatic N) is 3. The fraction of sp³-hybridized carbons (Fsp3) is 0.368. The molecule has 1 aliphatic heterocycles. The molecule has 0 spiro atoms. The second-order valence-corrected chi connectivity index (χ2v) is 8.53. The molecule has 3 rings (SSSR count). The third kappa shape index (κ3) is 3.50. The van der Waals surface area contributed by atoms with Crippen molar-refractivity contribution in [2.24, 2.45) is 0 Å². The van der Waals surface area contributed by atoms with Crippen LogP contribution in [0.25, 0.3) is 0 Å². The van der Waals surface area contributed by atoms with E-state index in [4.69, 9.17) is 0 Å².